The summed E-state index contributed by atoms with van der Waals surface area (Å²) in [4.78, 5) is 8.56. The van der Waals surface area contributed by atoms with Crippen molar-refractivity contribution in [2.75, 3.05) is 13.2 Å². The van der Waals surface area contributed by atoms with Crippen LogP contribution in [0.2, 0.25) is 25.7 Å². The molecule has 0 aliphatic carbocycles. The van der Waals surface area contributed by atoms with Crippen LogP contribution in [0, 0.1) is 0 Å². The summed E-state index contributed by atoms with van der Waals surface area (Å²) in [7, 11) is -1.43. The molecule has 9 nitrogen and oxygen atoms in total. The zero-order valence-corrected chi connectivity index (χ0v) is 24.2. The average molecular weight is 593 g/mol. The van der Waals surface area contributed by atoms with E-state index < -0.39 is 32.3 Å². The normalized spacial score (nSPS) is 17.3. The van der Waals surface area contributed by atoms with Crippen molar-refractivity contribution < 1.29 is 31.8 Å². The Hall–Kier alpha value is -3.49. The lowest BCUT2D eigenvalue weighted by Gasteiger charge is -2.30. The van der Waals surface area contributed by atoms with Gasteiger partial charge >= 0.3 is 6.61 Å². The van der Waals surface area contributed by atoms with E-state index in [-0.39, 0.29) is 48.5 Å². The highest BCUT2D eigenvalue weighted by Gasteiger charge is 2.38. The van der Waals surface area contributed by atoms with E-state index in [9.17, 15) is 17.6 Å². The Bertz CT molecular complexity index is 1550. The van der Waals surface area contributed by atoms with Gasteiger partial charge in [0.25, 0.3) is 6.43 Å². The molecule has 4 aromatic heterocycles. The third-order valence-corrected chi connectivity index (χ3v) is 8.41. The summed E-state index contributed by atoms with van der Waals surface area (Å²) in [6, 6.07) is 7.38. The predicted octanol–water partition coefficient (Wildman–Crippen LogP) is 5.92. The minimum atomic E-state index is -3.16. The number of nitrogens with zero attached hydrogens (tertiary/aromatic N) is 5. The molecule has 14 heteroatoms. The van der Waals surface area contributed by atoms with Gasteiger partial charge in [-0.05, 0) is 37.2 Å². The van der Waals surface area contributed by atoms with Crippen LogP contribution in [-0.4, -0.2) is 57.8 Å². The summed E-state index contributed by atoms with van der Waals surface area (Å²) in [5.41, 5.74) is 5.99. The van der Waals surface area contributed by atoms with Gasteiger partial charge in [0.2, 0.25) is 11.8 Å². The van der Waals surface area contributed by atoms with Gasteiger partial charge in [-0.1, -0.05) is 19.6 Å². The fourth-order valence-electron chi connectivity index (χ4n) is 4.84. The van der Waals surface area contributed by atoms with E-state index >= 15 is 0 Å². The number of hydrogen-bond acceptors (Lipinski definition) is 7. The van der Waals surface area contributed by atoms with Crippen LogP contribution in [-0.2, 0) is 18.0 Å². The van der Waals surface area contributed by atoms with Gasteiger partial charge in [0, 0.05) is 43.6 Å². The second kappa shape index (κ2) is 11.1. The summed E-state index contributed by atoms with van der Waals surface area (Å²) >= 11 is 0. The number of hydrogen-bond donors (Lipinski definition) is 1. The van der Waals surface area contributed by atoms with Gasteiger partial charge in [0.05, 0.1) is 23.3 Å². The first-order chi connectivity index (χ1) is 19.4. The van der Waals surface area contributed by atoms with E-state index in [1.807, 2.05) is 0 Å². The summed E-state index contributed by atoms with van der Waals surface area (Å²) in [6.07, 6.45) is -0.108. The largest absolute Gasteiger partial charge is 0.475 e. The SMILES string of the molecule is CC1(N)COc2c(-c3c(-c4cccnc4OC(F)F)c4cccnc4n3COCC[Si](C)(C)C)c(C(F)F)nn2C1. The molecule has 5 rings (SSSR count). The van der Waals surface area contributed by atoms with Crippen LogP contribution < -0.4 is 15.2 Å². The smallest absolute Gasteiger partial charge is 0.388 e. The van der Waals surface area contributed by atoms with Gasteiger partial charge in [-0.2, -0.15) is 13.9 Å². The van der Waals surface area contributed by atoms with Gasteiger partial charge in [0.1, 0.15) is 24.7 Å². The monoisotopic (exact) mass is 592 g/mol. The number of ether oxygens (including phenoxy) is 3. The van der Waals surface area contributed by atoms with Crippen LogP contribution in [0.5, 0.6) is 11.8 Å². The molecule has 5 heterocycles. The Morgan fingerprint density at radius 1 is 1.10 bits per heavy atom. The highest BCUT2D eigenvalue weighted by molar-refractivity contribution is 6.76. The average Bonchev–Trinajstić information content (AvgIpc) is 3.40. The van der Waals surface area contributed by atoms with Crippen LogP contribution in [0.4, 0.5) is 17.6 Å². The lowest BCUT2D eigenvalue weighted by Crippen LogP contribution is -2.49. The van der Waals surface area contributed by atoms with Crippen molar-refractivity contribution in [3.63, 3.8) is 0 Å². The number of pyridine rings is 2. The van der Waals surface area contributed by atoms with Gasteiger partial charge < -0.3 is 24.5 Å². The van der Waals surface area contributed by atoms with Crippen LogP contribution >= 0.6 is 0 Å². The molecule has 0 radical (unpaired) electrons. The molecule has 4 aromatic rings. The molecule has 41 heavy (non-hydrogen) atoms. The van der Waals surface area contributed by atoms with Crippen molar-refractivity contribution >= 4 is 19.1 Å². The Balaban J connectivity index is 1.81. The molecule has 0 amide bonds. The maximum Gasteiger partial charge on any atom is 0.388 e. The quantitative estimate of drug-likeness (QED) is 0.139. The minimum absolute atomic E-state index is 0.00384. The highest BCUT2D eigenvalue weighted by atomic mass is 28.3. The molecule has 0 fully saturated rings. The number of halogens is 4. The molecule has 2 N–H and O–H groups in total. The molecule has 1 unspecified atom stereocenters. The maximum atomic E-state index is 14.7. The zero-order chi connectivity index (χ0) is 29.5. The Labute approximate surface area is 235 Å². The summed E-state index contributed by atoms with van der Waals surface area (Å²) in [6.45, 7) is 5.83. The molecular formula is C27H32F4N6O3Si. The van der Waals surface area contributed by atoms with Crippen molar-refractivity contribution in [2.45, 2.75) is 64.5 Å². The van der Waals surface area contributed by atoms with Crippen molar-refractivity contribution in [1.29, 1.82) is 0 Å². The first-order valence-electron chi connectivity index (χ1n) is 13.1. The fourth-order valence-corrected chi connectivity index (χ4v) is 5.60. The fraction of sp³-hybridized carbons (Fsp3) is 0.444. The Morgan fingerprint density at radius 3 is 2.54 bits per heavy atom. The number of fused-ring (bicyclic) bond motifs is 2. The van der Waals surface area contributed by atoms with Crippen LogP contribution in [0.1, 0.15) is 19.0 Å². The van der Waals surface area contributed by atoms with E-state index in [1.165, 1.54) is 10.9 Å². The number of rotatable bonds is 10. The summed E-state index contributed by atoms with van der Waals surface area (Å²) in [5, 5.41) is 4.70. The third-order valence-electron chi connectivity index (χ3n) is 6.70. The topological polar surface area (TPSA) is 102 Å². The molecule has 0 saturated carbocycles. The van der Waals surface area contributed by atoms with Crippen molar-refractivity contribution in [1.82, 2.24) is 24.3 Å². The Morgan fingerprint density at radius 2 is 1.83 bits per heavy atom. The van der Waals surface area contributed by atoms with Crippen LogP contribution in [0.3, 0.4) is 0 Å². The van der Waals surface area contributed by atoms with Crippen LogP contribution in [0.15, 0.2) is 36.7 Å². The number of alkyl halides is 4. The molecule has 1 atom stereocenters. The highest BCUT2D eigenvalue weighted by Crippen LogP contribution is 2.49. The van der Waals surface area contributed by atoms with Gasteiger partial charge in [-0.15, -0.1) is 0 Å². The van der Waals surface area contributed by atoms with Crippen molar-refractivity contribution in [3.8, 4) is 34.1 Å². The predicted molar refractivity (Wildman–Crippen MR) is 148 cm³/mol. The van der Waals surface area contributed by atoms with Crippen LogP contribution in [0.25, 0.3) is 33.4 Å². The molecule has 220 valence electrons. The van der Waals surface area contributed by atoms with Crippen molar-refractivity contribution in [2.24, 2.45) is 5.73 Å². The Kier molecular flexibility index (Phi) is 7.83. The molecule has 0 aromatic carbocycles. The lowest BCUT2D eigenvalue weighted by atomic mass is 9.99. The summed E-state index contributed by atoms with van der Waals surface area (Å²) in [5.74, 6) is -0.266. The molecule has 1 aliphatic rings. The first kappa shape index (κ1) is 29.0. The standard InChI is InChI=1S/C27H32F4N6O3Si/c1-27(32)13-37-25(39-14-27)19(20(35-37)22(28)29)21-18(17-8-6-10-34-24(17)40-26(30)31)16-7-5-9-33-23(16)36(21)15-38-11-12-41(2,3)4/h5-10,22,26H,11-15,32H2,1-4H3. The van der Waals surface area contributed by atoms with Gasteiger partial charge in [-0.3, -0.25) is 0 Å². The maximum absolute atomic E-state index is 14.7. The van der Waals surface area contributed by atoms with E-state index in [0.29, 0.717) is 23.2 Å². The third kappa shape index (κ3) is 5.95. The molecule has 1 aliphatic heterocycles. The van der Waals surface area contributed by atoms with Crippen molar-refractivity contribution in [3.05, 3.63) is 42.4 Å². The van der Waals surface area contributed by atoms with E-state index in [4.69, 9.17) is 19.9 Å². The molecule has 0 bridgehead atoms. The van der Waals surface area contributed by atoms with E-state index in [0.717, 1.165) is 6.04 Å². The first-order valence-corrected chi connectivity index (χ1v) is 16.8. The minimum Gasteiger partial charge on any atom is -0.475 e. The van der Waals surface area contributed by atoms with E-state index in [2.05, 4.69) is 34.7 Å². The number of aromatic nitrogens is 5. The van der Waals surface area contributed by atoms with Gasteiger partial charge in [0.15, 0.2) is 0 Å². The molecule has 0 spiro atoms. The van der Waals surface area contributed by atoms with E-state index in [1.54, 1.807) is 42.0 Å². The number of nitrogens with two attached hydrogens (primary N) is 1. The second-order valence-corrected chi connectivity index (χ2v) is 17.2. The van der Waals surface area contributed by atoms with Gasteiger partial charge in [-0.25, -0.2) is 23.4 Å². The second-order valence-electron chi connectivity index (χ2n) is 11.6. The summed E-state index contributed by atoms with van der Waals surface area (Å²) < 4.78 is 76.0. The zero-order valence-electron chi connectivity index (χ0n) is 23.2. The molecule has 0 saturated heterocycles. The molecular weight excluding hydrogens is 560 g/mol. The lowest BCUT2D eigenvalue weighted by molar-refractivity contribution is -0.0524.